The number of hydrogen-bond donors (Lipinski definition) is 1. The first-order valence-corrected chi connectivity index (χ1v) is 6.91. The van der Waals surface area contributed by atoms with Crippen LogP contribution >= 0.6 is 0 Å². The first-order valence-electron chi connectivity index (χ1n) is 6.91. The largest absolute Gasteiger partial charge is 0.310 e. The molecule has 0 radical (unpaired) electrons. The summed E-state index contributed by atoms with van der Waals surface area (Å²) in [6.07, 6.45) is 2.35. The number of pyridine rings is 2. The summed E-state index contributed by atoms with van der Waals surface area (Å²) in [5.74, 6) is 4.32. The highest BCUT2D eigenvalue weighted by molar-refractivity contribution is 5.91. The van der Waals surface area contributed by atoms with Gasteiger partial charge in [-0.1, -0.05) is 17.9 Å². The van der Waals surface area contributed by atoms with Crippen molar-refractivity contribution in [2.45, 2.75) is 19.3 Å². The maximum absolute atomic E-state index is 13.8. The van der Waals surface area contributed by atoms with Gasteiger partial charge in [0.2, 0.25) is 11.9 Å². The smallest absolute Gasteiger partial charge is 0.231 e. The van der Waals surface area contributed by atoms with Gasteiger partial charge in [-0.15, -0.1) is 0 Å². The Bertz CT molecular complexity index is 788. The Kier molecular flexibility index (Phi) is 5.79. The number of carbonyl (C=O) groups excluding carboxylic acids is 1. The number of aromatic nitrogens is 2. The molecule has 23 heavy (non-hydrogen) atoms. The van der Waals surface area contributed by atoms with Crippen LogP contribution in [-0.2, 0) is 11.2 Å². The number of carbonyl (C=O) groups is 1. The van der Waals surface area contributed by atoms with Gasteiger partial charge in [-0.3, -0.25) is 9.78 Å². The van der Waals surface area contributed by atoms with Gasteiger partial charge in [0.15, 0.2) is 0 Å². The summed E-state index contributed by atoms with van der Waals surface area (Å²) in [7, 11) is 0. The summed E-state index contributed by atoms with van der Waals surface area (Å²) in [6.45, 7) is 0. The van der Waals surface area contributed by atoms with Crippen LogP contribution in [-0.4, -0.2) is 15.9 Å². The minimum absolute atomic E-state index is 0.0832. The van der Waals surface area contributed by atoms with E-state index in [-0.39, 0.29) is 23.7 Å². The first kappa shape index (κ1) is 16.1. The van der Waals surface area contributed by atoms with Crippen LogP contribution < -0.4 is 5.32 Å². The average molecular weight is 308 g/mol. The van der Waals surface area contributed by atoms with E-state index in [1.54, 1.807) is 24.4 Å². The number of halogens is 1. The summed E-state index contributed by atoms with van der Waals surface area (Å²) in [4.78, 5) is 19.6. The van der Waals surface area contributed by atoms with Crippen molar-refractivity contribution in [3.05, 3.63) is 53.7 Å². The molecule has 0 fully saturated rings. The number of unbranched alkanes of at least 4 members (excludes halogenated alkanes) is 1. The summed E-state index contributed by atoms with van der Waals surface area (Å²) < 4.78 is 13.8. The zero-order chi connectivity index (χ0) is 16.5. The van der Waals surface area contributed by atoms with Crippen LogP contribution in [0.25, 0.3) is 0 Å². The lowest BCUT2D eigenvalue weighted by Crippen LogP contribution is -2.16. The molecule has 5 nitrogen and oxygen atoms in total. The number of amides is 1. The summed E-state index contributed by atoms with van der Waals surface area (Å²) in [6, 6.07) is 10.2. The third-order valence-corrected chi connectivity index (χ3v) is 2.77. The van der Waals surface area contributed by atoms with Crippen LogP contribution in [0, 0.1) is 29.1 Å². The number of nitriles is 1. The van der Waals surface area contributed by atoms with Crippen LogP contribution in [0.3, 0.4) is 0 Å². The molecular weight excluding hydrogens is 295 g/mol. The maximum Gasteiger partial charge on any atom is 0.231 e. The van der Waals surface area contributed by atoms with Crippen molar-refractivity contribution in [1.82, 2.24) is 9.97 Å². The molecule has 0 atom stereocenters. The van der Waals surface area contributed by atoms with E-state index in [1.165, 1.54) is 12.1 Å². The van der Waals surface area contributed by atoms with Crippen molar-refractivity contribution >= 4 is 11.7 Å². The van der Waals surface area contributed by atoms with Crippen molar-refractivity contribution in [3.63, 3.8) is 0 Å². The molecular formula is C17H13FN4O. The molecule has 1 N–H and O–H groups in total. The number of hydrogen-bond acceptors (Lipinski definition) is 4. The summed E-state index contributed by atoms with van der Waals surface area (Å²) in [5, 5.41) is 10.9. The van der Waals surface area contributed by atoms with Crippen LogP contribution in [0.4, 0.5) is 10.2 Å². The molecule has 0 bridgehead atoms. The van der Waals surface area contributed by atoms with Crippen LogP contribution in [0.15, 0.2) is 36.5 Å². The summed E-state index contributed by atoms with van der Waals surface area (Å²) >= 11 is 0. The van der Waals surface area contributed by atoms with Gasteiger partial charge in [0.1, 0.15) is 5.82 Å². The van der Waals surface area contributed by atoms with Crippen LogP contribution in [0.1, 0.15) is 24.1 Å². The Labute approximate surface area is 133 Å². The van der Waals surface area contributed by atoms with Crippen LogP contribution in [0.5, 0.6) is 0 Å². The van der Waals surface area contributed by atoms with Crippen molar-refractivity contribution in [3.8, 4) is 17.9 Å². The highest BCUT2D eigenvalue weighted by Crippen LogP contribution is 2.09. The molecule has 2 heterocycles. The van der Waals surface area contributed by atoms with Crippen LogP contribution in [0.2, 0.25) is 0 Å². The number of anilines is 1. The average Bonchev–Trinajstić information content (AvgIpc) is 2.54. The molecule has 1 amide bonds. The molecule has 2 rings (SSSR count). The third-order valence-electron chi connectivity index (χ3n) is 2.77. The second kappa shape index (κ2) is 8.26. The Balaban J connectivity index is 1.98. The lowest BCUT2D eigenvalue weighted by molar-refractivity contribution is -0.115. The fraction of sp³-hybridized carbons (Fsp3) is 0.176. The SMILES string of the molecule is N#CCCC#Cc1ccc(NC(=O)Cc2ccccn2)nc1F. The van der Waals surface area contributed by atoms with Gasteiger partial charge >= 0.3 is 0 Å². The fourth-order valence-corrected chi connectivity index (χ4v) is 1.73. The number of rotatable bonds is 4. The Morgan fingerprint density at radius 2 is 2.13 bits per heavy atom. The number of nitrogens with one attached hydrogen (secondary N) is 1. The lowest BCUT2D eigenvalue weighted by Gasteiger charge is -2.04. The molecule has 6 heteroatoms. The lowest BCUT2D eigenvalue weighted by atomic mass is 10.2. The van der Waals surface area contributed by atoms with Gasteiger partial charge in [-0.05, 0) is 24.3 Å². The zero-order valence-corrected chi connectivity index (χ0v) is 12.2. The quantitative estimate of drug-likeness (QED) is 0.534. The molecule has 0 saturated carbocycles. The van der Waals surface area contributed by atoms with Crippen molar-refractivity contribution in [2.24, 2.45) is 0 Å². The van der Waals surface area contributed by atoms with E-state index < -0.39 is 5.95 Å². The normalized spacial score (nSPS) is 9.39. The molecule has 0 unspecified atom stereocenters. The molecule has 0 aliphatic heterocycles. The van der Waals surface area contributed by atoms with E-state index in [0.717, 1.165) is 0 Å². The number of nitrogens with zero attached hydrogens (tertiary/aromatic N) is 3. The zero-order valence-electron chi connectivity index (χ0n) is 12.2. The summed E-state index contributed by atoms with van der Waals surface area (Å²) in [5.41, 5.74) is 0.746. The van der Waals surface area contributed by atoms with E-state index in [4.69, 9.17) is 5.26 Å². The molecule has 0 aliphatic carbocycles. The second-order valence-electron chi connectivity index (χ2n) is 4.54. The Morgan fingerprint density at radius 1 is 1.26 bits per heavy atom. The molecule has 0 spiro atoms. The van der Waals surface area contributed by atoms with Gasteiger partial charge in [0.25, 0.3) is 0 Å². The third kappa shape index (κ3) is 5.22. The highest BCUT2D eigenvalue weighted by Gasteiger charge is 2.08. The predicted molar refractivity (Wildman–Crippen MR) is 82.5 cm³/mol. The molecule has 2 aromatic rings. The Morgan fingerprint density at radius 3 is 2.83 bits per heavy atom. The topological polar surface area (TPSA) is 78.7 Å². The highest BCUT2D eigenvalue weighted by atomic mass is 19.1. The Hall–Kier alpha value is -3.25. The second-order valence-corrected chi connectivity index (χ2v) is 4.54. The minimum Gasteiger partial charge on any atom is -0.310 e. The molecule has 0 aliphatic rings. The van der Waals surface area contributed by atoms with Gasteiger partial charge in [0, 0.05) is 24.7 Å². The standard InChI is InChI=1S/C17H13FN4O/c18-17-13(6-2-1-4-10-19)8-9-15(22-17)21-16(23)12-14-7-3-5-11-20-14/h3,5,7-9,11H,1,4,12H2,(H,21,22,23). The molecule has 114 valence electrons. The predicted octanol–water partition coefficient (Wildman–Crippen LogP) is 2.45. The molecule has 0 aromatic carbocycles. The van der Waals surface area contributed by atoms with E-state index in [2.05, 4.69) is 27.1 Å². The van der Waals surface area contributed by atoms with Crippen molar-refractivity contribution in [2.75, 3.05) is 5.32 Å². The maximum atomic E-state index is 13.8. The van der Waals surface area contributed by atoms with Gasteiger partial charge in [-0.2, -0.15) is 9.65 Å². The van der Waals surface area contributed by atoms with E-state index in [0.29, 0.717) is 18.5 Å². The van der Waals surface area contributed by atoms with Gasteiger partial charge in [0.05, 0.1) is 18.1 Å². The first-order chi connectivity index (χ1) is 11.2. The van der Waals surface area contributed by atoms with E-state index >= 15 is 0 Å². The van der Waals surface area contributed by atoms with E-state index in [9.17, 15) is 9.18 Å². The van der Waals surface area contributed by atoms with Crippen molar-refractivity contribution < 1.29 is 9.18 Å². The van der Waals surface area contributed by atoms with E-state index in [1.807, 2.05) is 6.07 Å². The van der Waals surface area contributed by atoms with Crippen molar-refractivity contribution in [1.29, 1.82) is 5.26 Å². The molecule has 2 aromatic heterocycles. The molecule has 0 saturated heterocycles. The monoisotopic (exact) mass is 308 g/mol. The van der Waals surface area contributed by atoms with Gasteiger partial charge < -0.3 is 5.32 Å². The fourth-order valence-electron chi connectivity index (χ4n) is 1.73. The minimum atomic E-state index is -0.759. The van der Waals surface area contributed by atoms with Gasteiger partial charge in [-0.25, -0.2) is 4.98 Å².